The van der Waals surface area contributed by atoms with Gasteiger partial charge in [-0.1, -0.05) is 0 Å². The van der Waals surface area contributed by atoms with Crippen LogP contribution in [0.25, 0.3) is 0 Å². The van der Waals surface area contributed by atoms with Gasteiger partial charge in [0.25, 0.3) is 0 Å². The van der Waals surface area contributed by atoms with Crippen molar-refractivity contribution < 1.29 is 4.74 Å². The highest BCUT2D eigenvalue weighted by molar-refractivity contribution is 5.27. The summed E-state index contributed by atoms with van der Waals surface area (Å²) >= 11 is 0. The molecule has 0 fully saturated rings. The first-order valence-corrected chi connectivity index (χ1v) is 5.32. The lowest BCUT2D eigenvalue weighted by Gasteiger charge is -2.20. The Morgan fingerprint density at radius 3 is 2.93 bits per heavy atom. The van der Waals surface area contributed by atoms with Gasteiger partial charge >= 0.3 is 0 Å². The molecular formula is C11H17N3O. The van der Waals surface area contributed by atoms with Crippen LogP contribution in [0, 0.1) is 6.92 Å². The van der Waals surface area contributed by atoms with E-state index >= 15 is 0 Å². The molecule has 0 bridgehead atoms. The van der Waals surface area contributed by atoms with E-state index in [1.807, 2.05) is 13.8 Å². The Labute approximate surface area is 90.1 Å². The second-order valence-corrected chi connectivity index (χ2v) is 3.90. The molecule has 0 amide bonds. The molecule has 1 unspecified atom stereocenters. The monoisotopic (exact) mass is 207 g/mol. The Morgan fingerprint density at radius 2 is 2.20 bits per heavy atom. The molecule has 2 heterocycles. The number of nitrogens with zero attached hydrogens (tertiary/aromatic N) is 2. The number of fused-ring (bicyclic) bond motifs is 1. The maximum Gasteiger partial charge on any atom is 0.157 e. The second kappa shape index (κ2) is 4.24. The summed E-state index contributed by atoms with van der Waals surface area (Å²) in [7, 11) is 1.68. The number of rotatable bonds is 2. The Bertz CT molecular complexity index is 365. The van der Waals surface area contributed by atoms with E-state index in [1.165, 1.54) is 11.3 Å². The molecule has 1 aliphatic rings. The summed E-state index contributed by atoms with van der Waals surface area (Å²) in [6.45, 7) is 5.91. The highest BCUT2D eigenvalue weighted by atomic mass is 16.5. The molecule has 4 nitrogen and oxygen atoms in total. The van der Waals surface area contributed by atoms with Crippen LogP contribution in [0.4, 0.5) is 0 Å². The second-order valence-electron chi connectivity index (χ2n) is 3.90. The molecule has 4 heteroatoms. The number of ether oxygens (including phenoxy) is 1. The molecule has 1 aromatic heterocycles. The van der Waals surface area contributed by atoms with Gasteiger partial charge in [0.05, 0.1) is 5.69 Å². The first-order valence-electron chi connectivity index (χ1n) is 5.32. The summed E-state index contributed by atoms with van der Waals surface area (Å²) in [4.78, 5) is 9.05. The molecule has 1 atom stereocenters. The minimum Gasteiger partial charge on any atom is -0.374 e. The van der Waals surface area contributed by atoms with Crippen LogP contribution in [-0.4, -0.2) is 23.6 Å². The number of aromatic nitrogens is 2. The highest BCUT2D eigenvalue weighted by Crippen LogP contribution is 2.18. The summed E-state index contributed by atoms with van der Waals surface area (Å²) in [5.41, 5.74) is 3.51. The van der Waals surface area contributed by atoms with Crippen LogP contribution in [0.2, 0.25) is 0 Å². The lowest BCUT2D eigenvalue weighted by Crippen LogP contribution is -2.27. The summed E-state index contributed by atoms with van der Waals surface area (Å²) < 4.78 is 5.24. The van der Waals surface area contributed by atoms with E-state index in [0.29, 0.717) is 0 Å². The van der Waals surface area contributed by atoms with Crippen molar-refractivity contribution in [3.8, 4) is 0 Å². The van der Waals surface area contributed by atoms with Gasteiger partial charge in [0.2, 0.25) is 0 Å². The average molecular weight is 207 g/mol. The van der Waals surface area contributed by atoms with Crippen LogP contribution >= 0.6 is 0 Å². The van der Waals surface area contributed by atoms with Gasteiger partial charge in [-0.05, 0) is 13.8 Å². The molecule has 1 aromatic rings. The normalized spacial score (nSPS) is 17.3. The molecule has 0 aromatic carbocycles. The molecule has 0 saturated carbocycles. The van der Waals surface area contributed by atoms with Crippen molar-refractivity contribution in [2.24, 2.45) is 0 Å². The summed E-state index contributed by atoms with van der Waals surface area (Å²) in [5, 5.41) is 3.33. The van der Waals surface area contributed by atoms with Crippen LogP contribution in [0.1, 0.15) is 35.8 Å². The quantitative estimate of drug-likeness (QED) is 0.790. The van der Waals surface area contributed by atoms with E-state index < -0.39 is 0 Å². The van der Waals surface area contributed by atoms with E-state index in [1.54, 1.807) is 7.11 Å². The summed E-state index contributed by atoms with van der Waals surface area (Å²) in [6, 6.07) is 0. The van der Waals surface area contributed by atoms with E-state index in [2.05, 4.69) is 15.3 Å². The number of nitrogens with one attached hydrogen (secondary N) is 1. The highest BCUT2D eigenvalue weighted by Gasteiger charge is 2.17. The fraction of sp³-hybridized carbons (Fsp3) is 0.636. The molecule has 2 rings (SSSR count). The number of hydrogen-bond acceptors (Lipinski definition) is 4. The molecular weight excluding hydrogens is 190 g/mol. The minimum atomic E-state index is -0.0242. The summed E-state index contributed by atoms with van der Waals surface area (Å²) in [5.74, 6) is 0.802. The molecule has 1 aliphatic heterocycles. The van der Waals surface area contributed by atoms with Crippen molar-refractivity contribution in [3.63, 3.8) is 0 Å². The summed E-state index contributed by atoms with van der Waals surface area (Å²) in [6.07, 6.45) is 0.964. The zero-order valence-corrected chi connectivity index (χ0v) is 9.50. The van der Waals surface area contributed by atoms with Crippen molar-refractivity contribution in [1.29, 1.82) is 0 Å². The van der Waals surface area contributed by atoms with Gasteiger partial charge in [0.1, 0.15) is 6.10 Å². The Kier molecular flexibility index (Phi) is 2.98. The smallest absolute Gasteiger partial charge is 0.157 e. The number of hydrogen-bond donors (Lipinski definition) is 1. The number of aryl methyl sites for hydroxylation is 1. The molecule has 0 spiro atoms. The third kappa shape index (κ3) is 2.01. The lowest BCUT2D eigenvalue weighted by atomic mass is 10.1. The van der Waals surface area contributed by atoms with Gasteiger partial charge in [-0.25, -0.2) is 9.97 Å². The van der Waals surface area contributed by atoms with Crippen molar-refractivity contribution >= 4 is 0 Å². The van der Waals surface area contributed by atoms with Gasteiger partial charge in [-0.2, -0.15) is 0 Å². The first-order chi connectivity index (χ1) is 7.22. The average Bonchev–Trinajstić information content (AvgIpc) is 2.28. The third-order valence-corrected chi connectivity index (χ3v) is 2.87. The van der Waals surface area contributed by atoms with Crippen LogP contribution in [0.15, 0.2) is 0 Å². The van der Waals surface area contributed by atoms with E-state index in [-0.39, 0.29) is 6.10 Å². The van der Waals surface area contributed by atoms with E-state index in [4.69, 9.17) is 4.74 Å². The molecule has 1 N–H and O–H groups in total. The Balaban J connectivity index is 2.40. The standard InChI is InChI=1S/C11H17N3O/c1-7-9-6-12-5-4-10(9)14-11(13-7)8(2)15-3/h8,12H,4-6H2,1-3H3. The first kappa shape index (κ1) is 10.5. The fourth-order valence-corrected chi connectivity index (χ4v) is 1.82. The fourth-order valence-electron chi connectivity index (χ4n) is 1.82. The van der Waals surface area contributed by atoms with Crippen LogP contribution in [0.5, 0.6) is 0 Å². The van der Waals surface area contributed by atoms with Gasteiger partial charge in [-0.15, -0.1) is 0 Å². The topological polar surface area (TPSA) is 47.0 Å². The largest absolute Gasteiger partial charge is 0.374 e. The van der Waals surface area contributed by atoms with Crippen LogP contribution < -0.4 is 5.32 Å². The predicted octanol–water partition coefficient (Wildman–Crippen LogP) is 1.14. The van der Waals surface area contributed by atoms with Gasteiger partial charge in [0, 0.05) is 37.9 Å². The molecule has 0 saturated heterocycles. The van der Waals surface area contributed by atoms with Crippen molar-refractivity contribution in [1.82, 2.24) is 15.3 Å². The van der Waals surface area contributed by atoms with E-state index in [0.717, 1.165) is 31.0 Å². The van der Waals surface area contributed by atoms with E-state index in [9.17, 15) is 0 Å². The van der Waals surface area contributed by atoms with Crippen LogP contribution in [-0.2, 0) is 17.7 Å². The molecule has 0 radical (unpaired) electrons. The van der Waals surface area contributed by atoms with Gasteiger partial charge in [-0.3, -0.25) is 0 Å². The Morgan fingerprint density at radius 1 is 1.40 bits per heavy atom. The van der Waals surface area contributed by atoms with Crippen molar-refractivity contribution in [2.75, 3.05) is 13.7 Å². The van der Waals surface area contributed by atoms with Gasteiger partial charge in [0.15, 0.2) is 5.82 Å². The third-order valence-electron chi connectivity index (χ3n) is 2.87. The molecule has 15 heavy (non-hydrogen) atoms. The van der Waals surface area contributed by atoms with Crippen molar-refractivity contribution in [2.45, 2.75) is 32.9 Å². The predicted molar refractivity (Wildman–Crippen MR) is 57.6 cm³/mol. The molecule has 0 aliphatic carbocycles. The van der Waals surface area contributed by atoms with Gasteiger partial charge < -0.3 is 10.1 Å². The SMILES string of the molecule is COC(C)c1nc(C)c2c(n1)CCNC2. The zero-order chi connectivity index (χ0) is 10.8. The maximum absolute atomic E-state index is 5.24. The maximum atomic E-state index is 5.24. The molecule has 82 valence electrons. The number of methoxy groups -OCH3 is 1. The van der Waals surface area contributed by atoms with Crippen molar-refractivity contribution in [3.05, 3.63) is 22.8 Å². The zero-order valence-electron chi connectivity index (χ0n) is 9.50. The lowest BCUT2D eigenvalue weighted by molar-refractivity contribution is 0.111. The minimum absolute atomic E-state index is 0.0242. The Hall–Kier alpha value is -1.00. The van der Waals surface area contributed by atoms with Crippen LogP contribution in [0.3, 0.4) is 0 Å².